The molecule has 0 unspecified atom stereocenters. The first-order valence-corrected chi connectivity index (χ1v) is 28.3. The fourth-order valence-electron chi connectivity index (χ4n) is 11.6. The number of rotatable bonds is 12. The number of carbonyl (C=O) groups excluding carboxylic acids is 4. The Morgan fingerprint density at radius 2 is 1.55 bits per heavy atom. The monoisotopic (exact) mass is 1040 g/mol. The van der Waals surface area contributed by atoms with Crippen LogP contribution in [0.15, 0.2) is 73.4 Å². The van der Waals surface area contributed by atoms with E-state index in [1.54, 1.807) is 49.6 Å². The highest BCUT2D eigenvalue weighted by Crippen LogP contribution is 2.47. The first-order chi connectivity index (χ1) is 35.6. The van der Waals surface area contributed by atoms with Gasteiger partial charge in [0.05, 0.1) is 52.8 Å². The lowest BCUT2D eigenvalue weighted by Gasteiger charge is -2.48. The second-order valence-electron chi connectivity index (χ2n) is 20.7. The van der Waals surface area contributed by atoms with Crippen LogP contribution < -0.4 is 35.8 Å². The normalized spacial score (nSPS) is 19.6. The van der Waals surface area contributed by atoms with Crippen molar-refractivity contribution in [3.05, 3.63) is 89.6 Å². The largest absolute Gasteiger partial charge is 0.494 e. The van der Waals surface area contributed by atoms with Gasteiger partial charge in [-0.15, -0.1) is 0 Å². The number of aryl methyl sites for hydroxylation is 1. The Morgan fingerprint density at radius 1 is 0.811 bits per heavy atom. The molecule has 0 saturated carbocycles. The maximum absolute atomic E-state index is 13.6. The first-order valence-electron chi connectivity index (χ1n) is 25.3. The lowest BCUT2D eigenvalue weighted by molar-refractivity contribution is -0.136. The summed E-state index contributed by atoms with van der Waals surface area (Å²) in [5.74, 6) is -0.136. The van der Waals surface area contributed by atoms with Gasteiger partial charge >= 0.3 is 0 Å². The minimum absolute atomic E-state index is 0.0909. The fourth-order valence-corrected chi connectivity index (χ4v) is 13.2. The number of nitrogens with one attached hydrogen (secondary N) is 3. The van der Waals surface area contributed by atoms with Crippen molar-refractivity contribution in [1.29, 1.82) is 0 Å². The quantitative estimate of drug-likeness (QED) is 0.0816. The Morgan fingerprint density at radius 3 is 2.27 bits per heavy atom. The molecule has 0 radical (unpaired) electrons. The van der Waals surface area contributed by atoms with Gasteiger partial charge in [-0.1, -0.05) is 11.6 Å². The fraction of sp³-hybridized carbons (Fsp3) is 0.415. The molecule has 3 N–H and O–H groups in total. The summed E-state index contributed by atoms with van der Waals surface area (Å²) in [6.07, 6.45) is 15.5. The third-order valence-corrected chi connectivity index (χ3v) is 17.5. The van der Waals surface area contributed by atoms with Gasteiger partial charge in [0, 0.05) is 93.4 Å². The molecule has 74 heavy (non-hydrogen) atoms. The molecule has 21 heteroatoms. The van der Waals surface area contributed by atoms with Crippen LogP contribution in [0.25, 0.3) is 22.2 Å². The highest BCUT2D eigenvalue weighted by molar-refractivity contribution is 7.71. The number of carbonyl (C=O) groups is 4. The van der Waals surface area contributed by atoms with Crippen LogP contribution in [0.3, 0.4) is 0 Å². The Hall–Kier alpha value is -6.95. The van der Waals surface area contributed by atoms with Gasteiger partial charge in [-0.05, 0) is 119 Å². The molecule has 5 aliphatic rings. The first kappa shape index (κ1) is 49.3. The van der Waals surface area contributed by atoms with E-state index in [2.05, 4.69) is 62.8 Å². The van der Waals surface area contributed by atoms with Gasteiger partial charge in [0.1, 0.15) is 29.5 Å². The molecule has 3 aromatic carbocycles. The predicted molar refractivity (Wildman–Crippen MR) is 285 cm³/mol. The number of hydrogen-bond acceptors (Lipinski definition) is 16. The highest BCUT2D eigenvalue weighted by Gasteiger charge is 2.45. The van der Waals surface area contributed by atoms with E-state index in [-0.39, 0.29) is 29.7 Å². The average molecular weight is 1040 g/mol. The predicted octanol–water partition coefficient (Wildman–Crippen LogP) is 7.22. The van der Waals surface area contributed by atoms with Crippen LogP contribution in [0, 0.1) is 11.3 Å². The van der Waals surface area contributed by atoms with Gasteiger partial charge in [-0.2, -0.15) is 10.1 Å². The number of fused-ring (bicyclic) bond motifs is 2. The molecule has 0 bridgehead atoms. The summed E-state index contributed by atoms with van der Waals surface area (Å²) in [6.45, 7) is 10.2. The standard InChI is InChI=1S/C53H59ClN13O6P/c1-63-31-33(28-58-63)36-26-41(60-52-57-29-38(54)48(62-52)59-40-8-7-39-46(56-18-17-55-39)47(40)74(3,4)72)44(73-2)27-43(36)66-23-15-53(16-24-66)13-21-64(22-14-53)30-32-11-19-65(20-12-32)34-5-6-35-37(25-34)51(71)67(50(35)70)42-9-10-45(68)61-49(42)69/h5-8,17-18,25-29,31-32,42H,9-16,19-24,30H2,1-4H3,(H,61,68,69)(H2,57,59,60,62)/t42-/m1/s1. The summed E-state index contributed by atoms with van der Waals surface area (Å²) >= 11 is 6.69. The molecule has 8 heterocycles. The third-order valence-electron chi connectivity index (χ3n) is 15.7. The maximum atomic E-state index is 13.6. The number of aromatic nitrogens is 6. The third kappa shape index (κ3) is 9.56. The molecule has 11 rings (SSSR count). The topological polar surface area (TPSA) is 213 Å². The van der Waals surface area contributed by atoms with Crippen molar-refractivity contribution in [1.82, 2.24) is 44.8 Å². The molecule has 4 fully saturated rings. The van der Waals surface area contributed by atoms with Crippen molar-refractivity contribution in [2.24, 2.45) is 18.4 Å². The highest BCUT2D eigenvalue weighted by atomic mass is 35.5. The van der Waals surface area contributed by atoms with E-state index in [0.717, 1.165) is 98.9 Å². The molecule has 384 valence electrons. The summed E-state index contributed by atoms with van der Waals surface area (Å²) in [4.78, 5) is 77.7. The number of piperidine rings is 4. The summed E-state index contributed by atoms with van der Waals surface area (Å²) in [7, 11) is 0.734. The zero-order chi connectivity index (χ0) is 51.5. The Labute approximate surface area is 433 Å². The van der Waals surface area contributed by atoms with E-state index in [4.69, 9.17) is 21.3 Å². The zero-order valence-electron chi connectivity index (χ0n) is 41.9. The number of nitrogens with zero attached hydrogens (tertiary/aromatic N) is 10. The molecular weight excluding hydrogens is 981 g/mol. The summed E-state index contributed by atoms with van der Waals surface area (Å²) < 4.78 is 21.5. The van der Waals surface area contributed by atoms with E-state index in [9.17, 15) is 23.7 Å². The Kier molecular flexibility index (Phi) is 13.1. The van der Waals surface area contributed by atoms with Crippen LogP contribution in [-0.4, -0.2) is 135 Å². The average Bonchev–Trinajstić information content (AvgIpc) is 3.94. The van der Waals surface area contributed by atoms with Crippen LogP contribution in [0.5, 0.6) is 5.75 Å². The van der Waals surface area contributed by atoms with Crippen molar-refractivity contribution in [3.63, 3.8) is 0 Å². The number of hydrogen-bond donors (Lipinski definition) is 3. The van der Waals surface area contributed by atoms with E-state index in [0.29, 0.717) is 61.7 Å². The van der Waals surface area contributed by atoms with Crippen LogP contribution in [0.1, 0.15) is 72.1 Å². The molecule has 0 aliphatic carbocycles. The molecule has 4 amide bonds. The van der Waals surface area contributed by atoms with Gasteiger partial charge in [-0.3, -0.25) is 44.0 Å². The van der Waals surface area contributed by atoms with Gasteiger partial charge < -0.3 is 34.6 Å². The number of imide groups is 2. The van der Waals surface area contributed by atoms with Crippen LogP contribution >= 0.6 is 18.7 Å². The maximum Gasteiger partial charge on any atom is 0.262 e. The van der Waals surface area contributed by atoms with Gasteiger partial charge in [-0.25, -0.2) is 4.98 Å². The van der Waals surface area contributed by atoms with Gasteiger partial charge in [0.25, 0.3) is 11.8 Å². The second kappa shape index (κ2) is 19.7. The van der Waals surface area contributed by atoms with E-state index in [1.165, 1.54) is 19.0 Å². The molecule has 19 nitrogen and oxygen atoms in total. The molecule has 6 aromatic rings. The number of ether oxygens (including phenoxy) is 1. The molecule has 1 atom stereocenters. The van der Waals surface area contributed by atoms with Gasteiger partial charge in [0.2, 0.25) is 17.8 Å². The molecule has 4 saturated heterocycles. The lowest BCUT2D eigenvalue weighted by atomic mass is 9.71. The van der Waals surface area contributed by atoms with Gasteiger partial charge in [0.15, 0.2) is 5.82 Å². The van der Waals surface area contributed by atoms with E-state index >= 15 is 0 Å². The SMILES string of the molecule is COc1cc(N2CCC3(CCN(CC4CCN(c5ccc6c(c5)C(=O)N([C@@H]5CCC(=O)NC5=O)C6=O)CC4)CC3)CC2)c(-c2cnn(C)c2)cc1Nc1ncc(Cl)c(Nc2ccc3nccnc3c2P(C)(C)=O)n1. The number of amides is 4. The van der Waals surface area contributed by atoms with E-state index in [1.807, 2.05) is 37.6 Å². The Bertz CT molecular complexity index is 3260. The van der Waals surface area contributed by atoms with Crippen LogP contribution in [0.4, 0.5) is 34.5 Å². The second-order valence-corrected chi connectivity index (χ2v) is 24.3. The Balaban J connectivity index is 0.719. The lowest BCUT2D eigenvalue weighted by Crippen LogP contribution is -2.54. The zero-order valence-corrected chi connectivity index (χ0v) is 43.6. The molecular formula is C53H59ClN13O6P. The van der Waals surface area contributed by atoms with Crippen LogP contribution in [-0.2, 0) is 21.2 Å². The minimum Gasteiger partial charge on any atom is -0.494 e. The van der Waals surface area contributed by atoms with Crippen LogP contribution in [0.2, 0.25) is 5.02 Å². The summed E-state index contributed by atoms with van der Waals surface area (Å²) in [5, 5.41) is 14.3. The summed E-state index contributed by atoms with van der Waals surface area (Å²) in [6, 6.07) is 12.2. The minimum atomic E-state index is -2.84. The molecule has 1 spiro atoms. The number of likely N-dealkylation sites (tertiary alicyclic amines) is 1. The number of methoxy groups -OCH3 is 1. The van der Waals surface area contributed by atoms with Crippen molar-refractivity contribution in [3.8, 4) is 16.9 Å². The van der Waals surface area contributed by atoms with Crippen molar-refractivity contribution >= 4 is 93.2 Å². The summed E-state index contributed by atoms with van der Waals surface area (Å²) in [5.41, 5.74) is 7.30. The molecule has 3 aromatic heterocycles. The van der Waals surface area contributed by atoms with Crippen molar-refractivity contribution in [2.75, 3.05) is 86.7 Å². The smallest absolute Gasteiger partial charge is 0.262 e. The number of halogens is 1. The number of benzene rings is 3. The van der Waals surface area contributed by atoms with Crippen molar-refractivity contribution < 1.29 is 28.5 Å². The number of anilines is 6. The van der Waals surface area contributed by atoms with E-state index < -0.39 is 30.9 Å². The molecule has 5 aliphatic heterocycles. The van der Waals surface area contributed by atoms with Crippen molar-refractivity contribution in [2.45, 2.75) is 57.4 Å².